The van der Waals surface area contributed by atoms with Gasteiger partial charge in [-0.15, -0.1) is 0 Å². The monoisotopic (exact) mass is 1090 g/mol. The highest BCUT2D eigenvalue weighted by Crippen LogP contribution is 2.60. The highest BCUT2D eigenvalue weighted by Gasteiger charge is 2.46. The maximum absolute atomic E-state index is 12.9. The normalized spacial score (nSPS) is 21.9. The highest BCUT2D eigenvalue weighted by molar-refractivity contribution is 7.61. The maximum atomic E-state index is 12.9. The molecule has 2 aliphatic rings. The van der Waals surface area contributed by atoms with Gasteiger partial charge in [-0.3, -0.25) is 23.2 Å². The first-order chi connectivity index (χ1) is 35.5. The number of ether oxygens (including phenoxy) is 4. The van der Waals surface area contributed by atoms with Crippen LogP contribution in [0.3, 0.4) is 0 Å². The van der Waals surface area contributed by atoms with Crippen LogP contribution in [0.25, 0.3) is 0 Å². The van der Waals surface area contributed by atoms with Gasteiger partial charge in [-0.05, 0) is 56.9 Å². The van der Waals surface area contributed by atoms with E-state index in [0.717, 1.165) is 68.0 Å². The third-order valence-corrected chi connectivity index (χ3v) is 15.4. The molecule has 2 fully saturated rings. The fourth-order valence-electron chi connectivity index (χ4n) is 8.47. The third kappa shape index (κ3) is 30.0. The van der Waals surface area contributed by atoms with E-state index in [1.807, 2.05) is 12.2 Å². The number of nitrogens with two attached hydrogens (primary N) is 1. The largest absolute Gasteiger partial charge is 0.481 e. The first kappa shape index (κ1) is 65.2. The Labute approximate surface area is 440 Å². The molecule has 9 atom stereocenters. The van der Waals surface area contributed by atoms with Crippen LogP contribution in [0.2, 0.25) is 0 Å². The summed E-state index contributed by atoms with van der Waals surface area (Å²) in [6, 6.07) is 1.25. The maximum Gasteiger partial charge on any atom is 0.481 e. The van der Waals surface area contributed by atoms with Crippen LogP contribution in [0, 0.1) is 5.92 Å². The molecule has 74 heavy (non-hydrogen) atoms. The second kappa shape index (κ2) is 37.7. The van der Waals surface area contributed by atoms with Gasteiger partial charge in [0, 0.05) is 19.0 Å². The summed E-state index contributed by atoms with van der Waals surface area (Å²) >= 11 is 0. The summed E-state index contributed by atoms with van der Waals surface area (Å²) in [5.41, 5.74) is 4.59. The van der Waals surface area contributed by atoms with Gasteiger partial charge in [-0.1, -0.05) is 173 Å². The third-order valence-electron chi connectivity index (χ3n) is 12.8. The number of aromatic nitrogens is 2. The molecule has 0 spiro atoms. The number of hydrogen-bond donors (Lipinski definition) is 5. The first-order valence-electron chi connectivity index (χ1n) is 27.5. The summed E-state index contributed by atoms with van der Waals surface area (Å²) in [5.74, 6) is -0.559. The van der Waals surface area contributed by atoms with E-state index in [1.54, 1.807) is 0 Å². The molecule has 424 valence electrons. The van der Waals surface area contributed by atoms with Gasteiger partial charge in [-0.25, -0.2) is 13.9 Å². The molecule has 1 aromatic rings. The molecule has 19 nitrogen and oxygen atoms in total. The average Bonchev–Trinajstić information content (AvgIpc) is 4.04. The van der Waals surface area contributed by atoms with Crippen LogP contribution >= 0.6 is 15.6 Å². The number of epoxide rings is 1. The summed E-state index contributed by atoms with van der Waals surface area (Å²) in [6.07, 6.45) is 34.0. The van der Waals surface area contributed by atoms with E-state index in [2.05, 4.69) is 54.4 Å². The zero-order chi connectivity index (χ0) is 54.0. The summed E-state index contributed by atoms with van der Waals surface area (Å²) in [4.78, 5) is 62.0. The van der Waals surface area contributed by atoms with E-state index in [0.29, 0.717) is 31.5 Å². The van der Waals surface area contributed by atoms with Gasteiger partial charge in [0.05, 0.1) is 25.4 Å². The van der Waals surface area contributed by atoms with Crippen molar-refractivity contribution in [1.82, 2.24) is 9.55 Å². The number of phosphoric acid groups is 2. The Hall–Kier alpha value is -3.06. The average molecular weight is 1090 g/mol. The van der Waals surface area contributed by atoms with Gasteiger partial charge in [-0.2, -0.15) is 9.29 Å². The van der Waals surface area contributed by atoms with E-state index in [4.69, 9.17) is 33.7 Å². The fraction of sp³-hybridized carbons (Fsp3) is 0.774. The van der Waals surface area contributed by atoms with Gasteiger partial charge in [0.25, 0.3) is 0 Å². The number of hydrogen-bond acceptors (Lipinski definition) is 16. The van der Waals surface area contributed by atoms with Gasteiger partial charge in [0.15, 0.2) is 12.3 Å². The Morgan fingerprint density at radius 3 is 1.92 bits per heavy atom. The van der Waals surface area contributed by atoms with Crippen molar-refractivity contribution >= 4 is 33.4 Å². The standard InChI is InChI=1S/C53H91N3O16P2/c1-4-5-27-33-44-45(70-44)34-29-24-20-16-13-14-18-22-26-31-36-49(58)69-43(39-66-48(57)35-30-25-21-17-12-10-8-6-7-9-11-15-19-23-28-32-42(2)3)40-67-73(62,63)72-74(64,65)68-41-46-50(59)51(60)52(71-46)56-38-37-47(54)55-53(56)61/h13,16,18,22,24,29,37-38,42-46,50-52,59-60H,4-12,14-15,17,19-21,23,25-28,30-36,39-41H2,1-3H3,(H,62,63)(H,64,65)(H2,54,55,61)/b16-13-,22-18-,29-24-/t43-,44?,45?,46-,50-,51-,52-/m1/s1. The summed E-state index contributed by atoms with van der Waals surface area (Å²) in [5, 5.41) is 20.9. The number of allylic oxidation sites excluding steroid dienone is 5. The molecule has 0 aromatic carbocycles. The van der Waals surface area contributed by atoms with Crippen molar-refractivity contribution < 1.29 is 71.0 Å². The van der Waals surface area contributed by atoms with E-state index in [9.17, 15) is 43.5 Å². The minimum atomic E-state index is -5.44. The number of phosphoric ester groups is 2. The topological polar surface area (TPSA) is 278 Å². The van der Waals surface area contributed by atoms with Crippen molar-refractivity contribution in [1.29, 1.82) is 0 Å². The van der Waals surface area contributed by atoms with Gasteiger partial charge in [0.2, 0.25) is 0 Å². The minimum Gasteiger partial charge on any atom is -0.462 e. The van der Waals surface area contributed by atoms with Crippen LogP contribution in [0.15, 0.2) is 53.5 Å². The lowest BCUT2D eigenvalue weighted by Gasteiger charge is -2.21. The number of carbonyl (C=O) groups is 2. The Morgan fingerprint density at radius 1 is 0.716 bits per heavy atom. The van der Waals surface area contributed by atoms with Crippen molar-refractivity contribution in [3.63, 3.8) is 0 Å². The Morgan fingerprint density at radius 2 is 1.30 bits per heavy atom. The number of nitrogens with zero attached hydrogens (tertiary/aromatic N) is 2. The molecule has 6 N–H and O–H groups in total. The molecule has 0 saturated carbocycles. The summed E-state index contributed by atoms with van der Waals surface area (Å²) in [7, 11) is -10.9. The second-order valence-electron chi connectivity index (χ2n) is 20.0. The number of aliphatic hydroxyl groups is 2. The van der Waals surface area contributed by atoms with E-state index >= 15 is 0 Å². The Kier molecular flexibility index (Phi) is 33.2. The van der Waals surface area contributed by atoms with Crippen molar-refractivity contribution in [2.45, 2.75) is 237 Å². The van der Waals surface area contributed by atoms with Crippen LogP contribution in [0.1, 0.15) is 200 Å². The second-order valence-corrected chi connectivity index (χ2v) is 23.0. The molecule has 3 rings (SSSR count). The quantitative estimate of drug-likeness (QED) is 0.0133. The molecule has 0 radical (unpaired) electrons. The predicted molar refractivity (Wildman–Crippen MR) is 284 cm³/mol. The molecule has 2 saturated heterocycles. The zero-order valence-electron chi connectivity index (χ0n) is 44.5. The van der Waals surface area contributed by atoms with Gasteiger partial charge in [0.1, 0.15) is 30.7 Å². The molecule has 1 aromatic heterocycles. The molecule has 0 amide bonds. The lowest BCUT2D eigenvalue weighted by Crippen LogP contribution is -2.36. The molecular weight excluding hydrogens is 997 g/mol. The summed E-state index contributed by atoms with van der Waals surface area (Å²) < 4.78 is 62.6. The number of esters is 2. The Bertz CT molecular complexity index is 1970. The summed E-state index contributed by atoms with van der Waals surface area (Å²) in [6.45, 7) is 4.42. The smallest absolute Gasteiger partial charge is 0.462 e. The van der Waals surface area contributed by atoms with E-state index in [1.165, 1.54) is 96.0 Å². The molecule has 4 unspecified atom stereocenters. The van der Waals surface area contributed by atoms with Crippen molar-refractivity contribution in [3.05, 3.63) is 59.2 Å². The molecule has 2 aliphatic heterocycles. The lowest BCUT2D eigenvalue weighted by atomic mass is 10.0. The number of unbranched alkanes of at least 4 members (excludes halogenated alkanes) is 17. The minimum absolute atomic E-state index is 0.0283. The number of carbonyl (C=O) groups excluding carboxylic acids is 2. The van der Waals surface area contributed by atoms with Gasteiger partial charge < -0.3 is 44.7 Å². The zero-order valence-corrected chi connectivity index (χ0v) is 46.3. The lowest BCUT2D eigenvalue weighted by molar-refractivity contribution is -0.161. The van der Waals surface area contributed by atoms with Gasteiger partial charge >= 0.3 is 33.3 Å². The van der Waals surface area contributed by atoms with Crippen molar-refractivity contribution in [2.75, 3.05) is 25.6 Å². The van der Waals surface area contributed by atoms with Crippen LogP contribution in [0.4, 0.5) is 5.82 Å². The number of anilines is 1. The SMILES string of the molecule is CCCCCC1OC1C/C=C\C/C=C\C/C=C\CCCC(=O)O[C@H](COC(=O)CCCCCCCCCCCCCCCCCC(C)C)COP(=O)(O)OP(=O)(O)OC[C@H]1O[C@@H](n2ccc(N)nc2=O)[C@H](O)[C@@H]1O. The number of rotatable bonds is 44. The molecule has 3 heterocycles. The van der Waals surface area contributed by atoms with Crippen molar-refractivity contribution in [2.24, 2.45) is 5.92 Å². The molecule has 21 heteroatoms. The van der Waals surface area contributed by atoms with E-state index < -0.39 is 83.7 Å². The van der Waals surface area contributed by atoms with Crippen LogP contribution in [0.5, 0.6) is 0 Å². The van der Waals surface area contributed by atoms with Crippen LogP contribution in [-0.2, 0) is 51.0 Å². The van der Waals surface area contributed by atoms with E-state index in [-0.39, 0.29) is 18.7 Å². The van der Waals surface area contributed by atoms with Crippen LogP contribution < -0.4 is 11.4 Å². The number of aliphatic hydroxyl groups excluding tert-OH is 2. The van der Waals surface area contributed by atoms with Crippen molar-refractivity contribution in [3.8, 4) is 0 Å². The molecular formula is C53H91N3O16P2. The number of nitrogen functional groups attached to an aromatic ring is 1. The Balaban J connectivity index is 1.38. The van der Waals surface area contributed by atoms with Crippen LogP contribution in [-0.4, -0.2) is 97.9 Å². The predicted octanol–water partition coefficient (Wildman–Crippen LogP) is 10.8. The fourth-order valence-corrected chi connectivity index (χ4v) is 10.6. The first-order valence-corrected chi connectivity index (χ1v) is 30.5. The molecule has 0 aliphatic carbocycles. The highest BCUT2D eigenvalue weighted by atomic mass is 31.3. The molecule has 0 bridgehead atoms.